The molecule has 11 rings (SSSR count). The van der Waals surface area contributed by atoms with Gasteiger partial charge in [-0.15, -0.1) is 0 Å². The summed E-state index contributed by atoms with van der Waals surface area (Å²) in [5, 5.41) is 11.8. The smallest absolute Gasteiger partial charge is 0.148 e. The molecule has 0 aliphatic carbocycles. The molecule has 6 nitrogen and oxygen atoms in total. The van der Waals surface area contributed by atoms with Gasteiger partial charge in [0, 0.05) is 33.1 Å². The highest BCUT2D eigenvalue weighted by Gasteiger charge is 2.30. The summed E-state index contributed by atoms with van der Waals surface area (Å²) >= 11 is 0. The van der Waals surface area contributed by atoms with Gasteiger partial charge >= 0.3 is 0 Å². The number of rotatable bonds is 7. The van der Waals surface area contributed by atoms with Gasteiger partial charge in [0.05, 0.1) is 16.6 Å². The van der Waals surface area contributed by atoms with E-state index in [9.17, 15) is 0 Å². The van der Waals surface area contributed by atoms with Crippen molar-refractivity contribution in [3.8, 4) is 11.1 Å². The SMILES string of the molecule is c1ccc(-c2ccc(N(c3ccccc3)c3ccc(C4=NC(c5cccc6oc7ccccc7c56)NC(c5ccccc5)N4)c4oc5ccccc5c34)cc2)cc1. The minimum absolute atomic E-state index is 0.236. The third-order valence-corrected chi connectivity index (χ3v) is 11.0. The molecule has 2 N–H and O–H groups in total. The minimum atomic E-state index is -0.390. The predicted molar refractivity (Wildman–Crippen MR) is 232 cm³/mol. The van der Waals surface area contributed by atoms with Crippen molar-refractivity contribution in [1.29, 1.82) is 0 Å². The Labute approximate surface area is 329 Å². The fourth-order valence-electron chi connectivity index (χ4n) is 8.32. The van der Waals surface area contributed by atoms with Gasteiger partial charge in [-0.1, -0.05) is 140 Å². The van der Waals surface area contributed by atoms with Crippen molar-refractivity contribution < 1.29 is 8.83 Å². The van der Waals surface area contributed by atoms with Crippen LogP contribution >= 0.6 is 0 Å². The fraction of sp³-hybridized carbons (Fsp3) is 0.0392. The van der Waals surface area contributed by atoms with Crippen molar-refractivity contribution >= 4 is 66.8 Å². The van der Waals surface area contributed by atoms with E-state index in [1.807, 2.05) is 48.5 Å². The van der Waals surface area contributed by atoms with Crippen LogP contribution in [-0.4, -0.2) is 5.84 Å². The standard InChI is InChI=1S/C51H36N4O2/c1-4-15-33(16-5-1)34-27-29-37(30-28-34)55(36-19-8-3-9-20-36)42-32-31-41(48-47(42)39-22-11-13-25-44(39)57-48)51-53-49(35-17-6-2-7-18-35)52-50(54-51)40-23-14-26-45-46(40)38-21-10-12-24-43(38)56-45/h1-32,49-50,52H,(H,53,54). The molecule has 2 aromatic heterocycles. The number of benzene rings is 8. The summed E-state index contributed by atoms with van der Waals surface area (Å²) in [6, 6.07) is 67.4. The zero-order chi connectivity index (χ0) is 37.7. The Morgan fingerprint density at radius 3 is 1.82 bits per heavy atom. The van der Waals surface area contributed by atoms with Gasteiger partial charge in [-0.3, -0.25) is 5.32 Å². The molecule has 0 saturated carbocycles. The zero-order valence-corrected chi connectivity index (χ0v) is 30.8. The third-order valence-electron chi connectivity index (χ3n) is 11.0. The third kappa shape index (κ3) is 5.74. The molecule has 272 valence electrons. The summed E-state index contributed by atoms with van der Waals surface area (Å²) in [7, 11) is 0. The van der Waals surface area contributed by atoms with Crippen LogP contribution in [0.1, 0.15) is 29.0 Å². The van der Waals surface area contributed by atoms with Crippen LogP contribution in [0.3, 0.4) is 0 Å². The van der Waals surface area contributed by atoms with Crippen LogP contribution in [0, 0.1) is 0 Å². The van der Waals surface area contributed by atoms with Gasteiger partial charge in [0.1, 0.15) is 40.5 Å². The van der Waals surface area contributed by atoms with E-state index < -0.39 is 0 Å². The average molecular weight is 737 g/mol. The number of furan rings is 2. The maximum Gasteiger partial charge on any atom is 0.148 e. The Bertz CT molecular complexity index is 3080. The molecule has 1 aliphatic heterocycles. The first-order chi connectivity index (χ1) is 28.3. The predicted octanol–water partition coefficient (Wildman–Crippen LogP) is 13.0. The van der Waals surface area contributed by atoms with E-state index in [0.29, 0.717) is 0 Å². The molecule has 2 unspecified atom stereocenters. The zero-order valence-electron chi connectivity index (χ0n) is 30.8. The minimum Gasteiger partial charge on any atom is -0.456 e. The molecule has 1 aliphatic rings. The molecule has 57 heavy (non-hydrogen) atoms. The van der Waals surface area contributed by atoms with E-state index >= 15 is 0 Å². The van der Waals surface area contributed by atoms with E-state index in [-0.39, 0.29) is 12.3 Å². The fourth-order valence-corrected chi connectivity index (χ4v) is 8.32. The highest BCUT2D eigenvalue weighted by Crippen LogP contribution is 2.45. The molecule has 10 aromatic rings. The average Bonchev–Trinajstić information content (AvgIpc) is 3.87. The van der Waals surface area contributed by atoms with Crippen LogP contribution in [0.25, 0.3) is 55.0 Å². The van der Waals surface area contributed by atoms with Crippen LogP contribution in [0.4, 0.5) is 17.1 Å². The van der Waals surface area contributed by atoms with Crippen molar-refractivity contribution in [2.24, 2.45) is 4.99 Å². The summed E-state index contributed by atoms with van der Waals surface area (Å²) in [6.07, 6.45) is -0.626. The van der Waals surface area contributed by atoms with Crippen molar-refractivity contribution in [3.63, 3.8) is 0 Å². The maximum atomic E-state index is 6.89. The first-order valence-corrected chi connectivity index (χ1v) is 19.3. The Hall–Kier alpha value is -7.41. The highest BCUT2D eigenvalue weighted by atomic mass is 16.3. The molecule has 8 aromatic carbocycles. The monoisotopic (exact) mass is 736 g/mol. The molecule has 0 amide bonds. The summed E-state index contributed by atoms with van der Waals surface area (Å²) in [4.78, 5) is 7.78. The quantitative estimate of drug-likeness (QED) is 0.171. The summed E-state index contributed by atoms with van der Waals surface area (Å²) in [6.45, 7) is 0. The molecule has 0 spiro atoms. The number of amidine groups is 1. The van der Waals surface area contributed by atoms with Crippen molar-refractivity contribution in [2.75, 3.05) is 4.90 Å². The Morgan fingerprint density at radius 2 is 1.07 bits per heavy atom. The van der Waals surface area contributed by atoms with Crippen molar-refractivity contribution in [1.82, 2.24) is 10.6 Å². The number of anilines is 3. The highest BCUT2D eigenvalue weighted by molar-refractivity contribution is 6.20. The van der Waals surface area contributed by atoms with Crippen LogP contribution < -0.4 is 15.5 Å². The van der Waals surface area contributed by atoms with Gasteiger partial charge in [-0.05, 0) is 71.3 Å². The van der Waals surface area contributed by atoms with Crippen LogP contribution in [0.2, 0.25) is 0 Å². The molecule has 3 heterocycles. The van der Waals surface area contributed by atoms with E-state index in [1.54, 1.807) is 0 Å². The summed E-state index contributed by atoms with van der Waals surface area (Å²) in [5.41, 5.74) is 11.8. The molecule has 6 heteroatoms. The number of nitrogens with zero attached hydrogens (tertiary/aromatic N) is 2. The Kier molecular flexibility index (Phi) is 7.93. The number of hydrogen-bond acceptors (Lipinski definition) is 6. The van der Waals surface area contributed by atoms with E-state index in [4.69, 9.17) is 13.8 Å². The van der Waals surface area contributed by atoms with Gasteiger partial charge in [0.15, 0.2) is 0 Å². The lowest BCUT2D eigenvalue weighted by Gasteiger charge is -2.32. The van der Waals surface area contributed by atoms with Crippen molar-refractivity contribution in [3.05, 3.63) is 211 Å². The van der Waals surface area contributed by atoms with E-state index in [1.165, 1.54) is 11.1 Å². The molecule has 0 fully saturated rings. The topological polar surface area (TPSA) is 65.9 Å². The van der Waals surface area contributed by atoms with E-state index in [2.05, 4.69) is 161 Å². The normalized spacial score (nSPS) is 15.5. The molecular formula is C51H36N4O2. The number of para-hydroxylation sites is 3. The first-order valence-electron chi connectivity index (χ1n) is 19.3. The molecule has 2 atom stereocenters. The largest absolute Gasteiger partial charge is 0.456 e. The maximum absolute atomic E-state index is 6.89. The van der Waals surface area contributed by atoms with Gasteiger partial charge < -0.3 is 19.1 Å². The van der Waals surface area contributed by atoms with Gasteiger partial charge in [-0.25, -0.2) is 4.99 Å². The summed E-state index contributed by atoms with van der Waals surface area (Å²) < 4.78 is 13.2. The second kappa shape index (κ2) is 13.7. The van der Waals surface area contributed by atoms with Crippen molar-refractivity contribution in [2.45, 2.75) is 12.3 Å². The van der Waals surface area contributed by atoms with Crippen LogP contribution in [-0.2, 0) is 0 Å². The number of aliphatic imine (C=N–C) groups is 1. The van der Waals surface area contributed by atoms with Gasteiger partial charge in [0.25, 0.3) is 0 Å². The number of nitrogens with one attached hydrogen (secondary N) is 2. The van der Waals surface area contributed by atoms with Crippen LogP contribution in [0.5, 0.6) is 0 Å². The second-order valence-corrected chi connectivity index (χ2v) is 14.4. The number of hydrogen-bond donors (Lipinski definition) is 2. The second-order valence-electron chi connectivity index (χ2n) is 14.4. The lowest BCUT2D eigenvalue weighted by atomic mass is 10.0. The Balaban J connectivity index is 1.11. The molecule has 0 bridgehead atoms. The first kappa shape index (κ1) is 33.0. The lowest BCUT2D eigenvalue weighted by Crippen LogP contribution is -2.45. The Morgan fingerprint density at radius 1 is 0.474 bits per heavy atom. The summed E-state index contributed by atoms with van der Waals surface area (Å²) in [5.74, 6) is 0.742. The van der Waals surface area contributed by atoms with Gasteiger partial charge in [-0.2, -0.15) is 0 Å². The molecule has 0 saturated heterocycles. The van der Waals surface area contributed by atoms with Gasteiger partial charge in [0.2, 0.25) is 0 Å². The van der Waals surface area contributed by atoms with E-state index in [0.717, 1.165) is 83.5 Å². The lowest BCUT2D eigenvalue weighted by molar-refractivity contribution is 0.410. The van der Waals surface area contributed by atoms with Crippen LogP contribution in [0.15, 0.2) is 208 Å². The molecular weight excluding hydrogens is 701 g/mol. The number of fused-ring (bicyclic) bond motifs is 6. The molecule has 0 radical (unpaired) electrons.